The second kappa shape index (κ2) is 6.83. The lowest BCUT2D eigenvalue weighted by Crippen LogP contribution is -2.15. The van der Waals surface area contributed by atoms with Crippen LogP contribution < -0.4 is 9.47 Å². The van der Waals surface area contributed by atoms with Gasteiger partial charge in [-0.3, -0.25) is 9.20 Å². The van der Waals surface area contributed by atoms with Crippen molar-refractivity contribution >= 4 is 34.1 Å². The van der Waals surface area contributed by atoms with E-state index in [0.29, 0.717) is 35.4 Å². The fourth-order valence-electron chi connectivity index (χ4n) is 3.37. The summed E-state index contributed by atoms with van der Waals surface area (Å²) in [6.07, 6.45) is 0. The lowest BCUT2D eigenvalue weighted by molar-refractivity contribution is 0.102. The Labute approximate surface area is 165 Å². The second-order valence-corrected chi connectivity index (χ2v) is 7.54. The predicted molar refractivity (Wildman–Crippen MR) is 108 cm³/mol. The number of rotatable bonds is 4. The van der Waals surface area contributed by atoms with Gasteiger partial charge in [0, 0.05) is 17.0 Å². The average molecular weight is 391 g/mol. The number of ketones is 1. The Morgan fingerprint density at radius 2 is 1.82 bits per heavy atom. The highest BCUT2D eigenvalue weighted by atomic mass is 32.2. The summed E-state index contributed by atoms with van der Waals surface area (Å²) in [5.74, 6) is 1.83. The van der Waals surface area contributed by atoms with E-state index in [1.807, 2.05) is 53.8 Å². The molecule has 7 heteroatoms. The molecule has 3 heterocycles. The minimum Gasteiger partial charge on any atom is -0.486 e. The number of benzene rings is 2. The van der Waals surface area contributed by atoms with Crippen LogP contribution in [0.2, 0.25) is 0 Å². The van der Waals surface area contributed by atoms with E-state index in [4.69, 9.17) is 9.47 Å². The van der Waals surface area contributed by atoms with Gasteiger partial charge in [0.1, 0.15) is 13.2 Å². The van der Waals surface area contributed by atoms with Crippen LogP contribution in [0.5, 0.6) is 11.5 Å². The first-order valence-corrected chi connectivity index (χ1v) is 9.98. The molecule has 0 fully saturated rings. The third kappa shape index (κ3) is 2.88. The van der Waals surface area contributed by atoms with Gasteiger partial charge < -0.3 is 9.47 Å². The van der Waals surface area contributed by atoms with Gasteiger partial charge in [0.05, 0.1) is 11.3 Å². The third-order valence-corrected chi connectivity index (χ3v) is 5.65. The first-order valence-electron chi connectivity index (χ1n) is 9.00. The number of pyridine rings is 1. The van der Waals surface area contributed by atoms with Crippen LogP contribution in [0.1, 0.15) is 15.9 Å². The Morgan fingerprint density at radius 3 is 2.61 bits per heavy atom. The molecule has 1 aliphatic heterocycles. The van der Waals surface area contributed by atoms with Crippen molar-refractivity contribution < 1.29 is 14.3 Å². The number of hydrogen-bond acceptors (Lipinski definition) is 6. The van der Waals surface area contributed by atoms with Crippen LogP contribution in [0.25, 0.3) is 16.6 Å². The minimum absolute atomic E-state index is 0.0634. The van der Waals surface area contributed by atoms with Crippen molar-refractivity contribution in [3.05, 3.63) is 59.7 Å². The van der Waals surface area contributed by atoms with Gasteiger partial charge in [0.15, 0.2) is 28.1 Å². The molecule has 0 unspecified atom stereocenters. The van der Waals surface area contributed by atoms with Crippen molar-refractivity contribution in [2.45, 2.75) is 12.1 Å². The third-order valence-electron chi connectivity index (χ3n) is 4.72. The van der Waals surface area contributed by atoms with Crippen LogP contribution in [-0.2, 0) is 0 Å². The summed E-state index contributed by atoms with van der Waals surface area (Å²) >= 11 is 1.39. The lowest BCUT2D eigenvalue weighted by atomic mass is 10.1. The van der Waals surface area contributed by atoms with E-state index < -0.39 is 0 Å². The summed E-state index contributed by atoms with van der Waals surface area (Å²) in [7, 11) is 0. The molecule has 0 N–H and O–H groups in total. The van der Waals surface area contributed by atoms with Gasteiger partial charge >= 0.3 is 0 Å². The second-order valence-electron chi connectivity index (χ2n) is 6.60. The predicted octanol–water partition coefficient (Wildman–Crippen LogP) is 3.94. The SMILES string of the molecule is Cc1cc2cc3c(cc2n2c(SCC(=O)c4ccccc4)nnc12)OCCO3. The number of carbonyl (C=O) groups is 1. The number of ether oxygens (including phenoxy) is 2. The van der Waals surface area contributed by atoms with E-state index in [2.05, 4.69) is 16.3 Å². The molecule has 0 amide bonds. The van der Waals surface area contributed by atoms with Crippen molar-refractivity contribution in [1.82, 2.24) is 14.6 Å². The van der Waals surface area contributed by atoms with Gasteiger partial charge in [0.25, 0.3) is 0 Å². The Bertz CT molecular complexity index is 1200. The average Bonchev–Trinajstić information content (AvgIpc) is 3.16. The minimum atomic E-state index is 0.0634. The number of fused-ring (bicyclic) bond motifs is 4. The fourth-order valence-corrected chi connectivity index (χ4v) is 4.21. The summed E-state index contributed by atoms with van der Waals surface area (Å²) < 4.78 is 13.4. The van der Waals surface area contributed by atoms with E-state index in [1.54, 1.807) is 0 Å². The Hall–Kier alpha value is -3.06. The van der Waals surface area contributed by atoms with E-state index in [-0.39, 0.29) is 5.78 Å². The van der Waals surface area contributed by atoms with Gasteiger partial charge in [-0.1, -0.05) is 42.1 Å². The number of nitrogens with zero attached hydrogens (tertiary/aromatic N) is 3. The fraction of sp³-hybridized carbons (Fsp3) is 0.190. The highest BCUT2D eigenvalue weighted by Crippen LogP contribution is 2.36. The number of thioether (sulfide) groups is 1. The van der Waals surface area contributed by atoms with Crippen LogP contribution in [0.4, 0.5) is 0 Å². The maximum atomic E-state index is 12.5. The molecule has 0 atom stereocenters. The van der Waals surface area contributed by atoms with Crippen LogP contribution in [0.15, 0.2) is 53.7 Å². The van der Waals surface area contributed by atoms with Crippen LogP contribution in [0, 0.1) is 6.92 Å². The van der Waals surface area contributed by atoms with Crippen LogP contribution in [-0.4, -0.2) is 39.3 Å². The first-order chi connectivity index (χ1) is 13.7. The van der Waals surface area contributed by atoms with E-state index in [9.17, 15) is 4.79 Å². The quantitative estimate of drug-likeness (QED) is 0.388. The van der Waals surface area contributed by atoms with Crippen molar-refractivity contribution in [1.29, 1.82) is 0 Å². The smallest absolute Gasteiger partial charge is 0.196 e. The molecule has 2 aromatic heterocycles. The molecule has 140 valence electrons. The zero-order valence-corrected chi connectivity index (χ0v) is 16.0. The topological polar surface area (TPSA) is 65.7 Å². The molecule has 5 rings (SSSR count). The van der Waals surface area contributed by atoms with E-state index in [1.165, 1.54) is 11.8 Å². The summed E-state index contributed by atoms with van der Waals surface area (Å²) in [5, 5.41) is 10.4. The molecular formula is C21H17N3O3S. The molecule has 0 aliphatic carbocycles. The van der Waals surface area contributed by atoms with Gasteiger partial charge in [-0.15, -0.1) is 10.2 Å². The van der Waals surface area contributed by atoms with Crippen molar-refractivity contribution in [2.24, 2.45) is 0 Å². The van der Waals surface area contributed by atoms with Gasteiger partial charge in [-0.25, -0.2) is 0 Å². The molecule has 28 heavy (non-hydrogen) atoms. The zero-order valence-electron chi connectivity index (χ0n) is 15.2. The summed E-state index contributed by atoms with van der Waals surface area (Å²) in [6, 6.07) is 15.3. The highest BCUT2D eigenvalue weighted by Gasteiger charge is 2.18. The summed E-state index contributed by atoms with van der Waals surface area (Å²) in [5.41, 5.74) is 3.42. The Morgan fingerprint density at radius 1 is 1.07 bits per heavy atom. The summed E-state index contributed by atoms with van der Waals surface area (Å²) in [6.45, 7) is 3.09. The molecule has 2 aromatic carbocycles. The molecule has 1 aliphatic rings. The van der Waals surface area contributed by atoms with Gasteiger partial charge in [-0.2, -0.15) is 0 Å². The molecular weight excluding hydrogens is 374 g/mol. The maximum Gasteiger partial charge on any atom is 0.196 e. The monoisotopic (exact) mass is 391 g/mol. The number of Topliss-reactive ketones (excluding diaryl/α,β-unsaturated/α-hetero) is 1. The van der Waals surface area contributed by atoms with Gasteiger partial charge in [0.2, 0.25) is 0 Å². The summed E-state index contributed by atoms with van der Waals surface area (Å²) in [4.78, 5) is 12.5. The molecule has 4 aromatic rings. The first kappa shape index (κ1) is 17.1. The molecule has 6 nitrogen and oxygen atoms in total. The van der Waals surface area contributed by atoms with Crippen LogP contribution >= 0.6 is 11.8 Å². The molecule has 0 spiro atoms. The van der Waals surface area contributed by atoms with Crippen molar-refractivity contribution in [3.63, 3.8) is 0 Å². The van der Waals surface area contributed by atoms with E-state index >= 15 is 0 Å². The maximum absolute atomic E-state index is 12.5. The van der Waals surface area contributed by atoms with E-state index in [0.717, 1.165) is 27.9 Å². The van der Waals surface area contributed by atoms with Crippen LogP contribution in [0.3, 0.4) is 0 Å². The number of hydrogen-bond donors (Lipinski definition) is 0. The number of aryl methyl sites for hydroxylation is 1. The zero-order chi connectivity index (χ0) is 19.1. The Balaban J connectivity index is 1.56. The molecule has 0 saturated heterocycles. The lowest BCUT2D eigenvalue weighted by Gasteiger charge is -2.19. The molecule has 0 radical (unpaired) electrons. The number of aromatic nitrogens is 3. The van der Waals surface area contributed by atoms with Crippen molar-refractivity contribution in [2.75, 3.05) is 19.0 Å². The molecule has 0 saturated carbocycles. The highest BCUT2D eigenvalue weighted by molar-refractivity contribution is 7.99. The largest absolute Gasteiger partial charge is 0.486 e. The number of carbonyl (C=O) groups excluding carboxylic acids is 1. The standard InChI is InChI=1S/C21H17N3O3S/c1-13-9-15-10-18-19(27-8-7-26-18)11-16(15)24-20(13)22-23-21(24)28-12-17(25)14-5-3-2-4-6-14/h2-6,9-11H,7-8,12H2,1H3. The Kier molecular flexibility index (Phi) is 4.16. The molecule has 0 bridgehead atoms. The van der Waals surface area contributed by atoms with Gasteiger partial charge in [-0.05, 0) is 24.6 Å². The van der Waals surface area contributed by atoms with Crippen molar-refractivity contribution in [3.8, 4) is 11.5 Å². The normalized spacial score (nSPS) is 13.2.